The van der Waals surface area contributed by atoms with Crippen molar-refractivity contribution in [2.75, 3.05) is 31.5 Å². The highest BCUT2D eigenvalue weighted by molar-refractivity contribution is 14.0. The van der Waals surface area contributed by atoms with Crippen LogP contribution in [0.3, 0.4) is 0 Å². The molecule has 178 valence electrons. The molecular weight excluding hydrogens is 517 g/mol. The van der Waals surface area contributed by atoms with Gasteiger partial charge in [0.15, 0.2) is 11.8 Å². The Labute approximate surface area is 209 Å². The number of piperidine rings is 1. The number of likely N-dealkylation sites (tertiary alicyclic amines) is 1. The highest BCUT2D eigenvalue weighted by atomic mass is 127. The van der Waals surface area contributed by atoms with Crippen molar-refractivity contribution in [3.63, 3.8) is 0 Å². The molecule has 0 saturated carbocycles. The summed E-state index contributed by atoms with van der Waals surface area (Å²) in [5, 5.41) is 14.9. The summed E-state index contributed by atoms with van der Waals surface area (Å²) in [5.41, 5.74) is 0.963. The van der Waals surface area contributed by atoms with E-state index in [4.69, 9.17) is 9.73 Å². The number of ether oxygens (including phenoxy) is 1. The second-order valence-electron chi connectivity index (χ2n) is 8.64. The van der Waals surface area contributed by atoms with Crippen molar-refractivity contribution in [2.24, 2.45) is 18.0 Å². The first-order valence-electron chi connectivity index (χ1n) is 11.4. The Balaban J connectivity index is 0.00000363. The van der Waals surface area contributed by atoms with Gasteiger partial charge in [-0.2, -0.15) is 0 Å². The number of aliphatic imine (C=N–C) groups is 1. The summed E-state index contributed by atoms with van der Waals surface area (Å²) < 4.78 is 7.62. The van der Waals surface area contributed by atoms with Crippen LogP contribution in [-0.4, -0.2) is 57.9 Å². The molecule has 0 radical (unpaired) electrons. The average molecular weight is 556 g/mol. The summed E-state index contributed by atoms with van der Waals surface area (Å²) in [4.78, 5) is 7.28. The van der Waals surface area contributed by atoms with Crippen LogP contribution in [0.2, 0.25) is 0 Å². The van der Waals surface area contributed by atoms with Crippen LogP contribution >= 0.6 is 24.0 Å². The fraction of sp³-hybridized carbons (Fsp3) is 0.609. The van der Waals surface area contributed by atoms with Gasteiger partial charge in [0.25, 0.3) is 0 Å². The number of nitrogens with zero attached hydrogens (tertiary/aromatic N) is 5. The lowest BCUT2D eigenvalue weighted by molar-refractivity contribution is 0.191. The number of guanidine groups is 1. The zero-order chi connectivity index (χ0) is 22.1. The van der Waals surface area contributed by atoms with Crippen LogP contribution < -0.4 is 15.4 Å². The van der Waals surface area contributed by atoms with E-state index in [2.05, 4.69) is 32.7 Å². The first-order chi connectivity index (χ1) is 15.0. The number of aromatic nitrogens is 3. The molecule has 32 heavy (non-hydrogen) atoms. The molecule has 8 nitrogen and oxygen atoms in total. The fourth-order valence-corrected chi connectivity index (χ4v) is 3.56. The monoisotopic (exact) mass is 555 g/mol. The molecule has 2 N–H and O–H groups in total. The van der Waals surface area contributed by atoms with Crippen LogP contribution in [0, 0.1) is 5.92 Å². The van der Waals surface area contributed by atoms with Crippen molar-refractivity contribution in [1.29, 1.82) is 0 Å². The van der Waals surface area contributed by atoms with E-state index >= 15 is 0 Å². The van der Waals surface area contributed by atoms with E-state index in [0.29, 0.717) is 6.54 Å². The second-order valence-corrected chi connectivity index (χ2v) is 8.64. The average Bonchev–Trinajstić information content (AvgIpc) is 3.16. The molecule has 1 fully saturated rings. The SMILES string of the molecule is CC1CCN(CCCNC(=NCc2nncn2C)Nc2ccc(OC(C)C)cc2)CC1.I. The lowest BCUT2D eigenvalue weighted by Gasteiger charge is -2.30. The van der Waals surface area contributed by atoms with Crippen LogP contribution in [0.25, 0.3) is 0 Å². The first-order valence-corrected chi connectivity index (χ1v) is 11.4. The summed E-state index contributed by atoms with van der Waals surface area (Å²) in [5.74, 6) is 3.30. The molecule has 0 bridgehead atoms. The Morgan fingerprint density at radius 2 is 1.94 bits per heavy atom. The third-order valence-electron chi connectivity index (χ3n) is 5.49. The minimum absolute atomic E-state index is 0. The molecule has 1 aliphatic rings. The Kier molecular flexibility index (Phi) is 11.2. The summed E-state index contributed by atoms with van der Waals surface area (Å²) >= 11 is 0. The predicted molar refractivity (Wildman–Crippen MR) is 141 cm³/mol. The highest BCUT2D eigenvalue weighted by Gasteiger charge is 2.14. The van der Waals surface area contributed by atoms with Gasteiger partial charge < -0.3 is 24.8 Å². The smallest absolute Gasteiger partial charge is 0.196 e. The van der Waals surface area contributed by atoms with Gasteiger partial charge >= 0.3 is 0 Å². The normalized spacial score (nSPS) is 15.5. The molecule has 1 aromatic carbocycles. The number of nitrogens with one attached hydrogen (secondary N) is 2. The van der Waals surface area contributed by atoms with Gasteiger partial charge in [0, 0.05) is 19.3 Å². The molecule has 2 heterocycles. The lowest BCUT2D eigenvalue weighted by Crippen LogP contribution is -2.37. The molecule has 0 spiro atoms. The van der Waals surface area contributed by atoms with Crippen LogP contribution in [0.15, 0.2) is 35.6 Å². The summed E-state index contributed by atoms with van der Waals surface area (Å²) in [6, 6.07) is 7.96. The number of halogens is 1. The molecular formula is C23H38IN7O. The number of hydrogen-bond acceptors (Lipinski definition) is 5. The Morgan fingerprint density at radius 3 is 2.56 bits per heavy atom. The van der Waals surface area contributed by atoms with Crippen molar-refractivity contribution < 1.29 is 4.74 Å². The maximum absolute atomic E-state index is 5.73. The molecule has 0 amide bonds. The third kappa shape index (κ3) is 8.93. The second kappa shape index (κ2) is 13.6. The zero-order valence-corrected chi connectivity index (χ0v) is 22.1. The van der Waals surface area contributed by atoms with Gasteiger partial charge in [-0.05, 0) is 82.9 Å². The molecule has 1 aromatic heterocycles. The van der Waals surface area contributed by atoms with E-state index in [0.717, 1.165) is 48.6 Å². The molecule has 9 heteroatoms. The number of anilines is 1. The van der Waals surface area contributed by atoms with Crippen molar-refractivity contribution in [3.8, 4) is 5.75 Å². The van der Waals surface area contributed by atoms with Gasteiger partial charge in [-0.15, -0.1) is 34.2 Å². The van der Waals surface area contributed by atoms with Gasteiger partial charge in [0.05, 0.1) is 6.10 Å². The van der Waals surface area contributed by atoms with E-state index in [1.807, 2.05) is 49.7 Å². The fourth-order valence-electron chi connectivity index (χ4n) is 3.56. The van der Waals surface area contributed by atoms with Crippen LogP contribution in [0.4, 0.5) is 5.69 Å². The zero-order valence-electron chi connectivity index (χ0n) is 19.8. The van der Waals surface area contributed by atoms with E-state index in [1.54, 1.807) is 6.33 Å². The lowest BCUT2D eigenvalue weighted by atomic mass is 9.99. The molecule has 0 atom stereocenters. The van der Waals surface area contributed by atoms with Gasteiger partial charge in [0.1, 0.15) is 18.6 Å². The largest absolute Gasteiger partial charge is 0.491 e. The van der Waals surface area contributed by atoms with Gasteiger partial charge in [0.2, 0.25) is 0 Å². The third-order valence-corrected chi connectivity index (χ3v) is 5.49. The number of rotatable bonds is 9. The molecule has 1 aliphatic heterocycles. The predicted octanol–water partition coefficient (Wildman–Crippen LogP) is 3.90. The van der Waals surface area contributed by atoms with E-state index in [-0.39, 0.29) is 30.1 Å². The maximum atomic E-state index is 5.73. The van der Waals surface area contributed by atoms with E-state index in [1.165, 1.54) is 25.9 Å². The van der Waals surface area contributed by atoms with Crippen LogP contribution in [-0.2, 0) is 13.6 Å². The summed E-state index contributed by atoms with van der Waals surface area (Å²) in [7, 11) is 1.93. The van der Waals surface area contributed by atoms with Gasteiger partial charge in [-0.25, -0.2) is 4.99 Å². The van der Waals surface area contributed by atoms with Crippen LogP contribution in [0.1, 0.15) is 45.9 Å². The van der Waals surface area contributed by atoms with E-state index < -0.39 is 0 Å². The van der Waals surface area contributed by atoms with Crippen LogP contribution in [0.5, 0.6) is 5.75 Å². The van der Waals surface area contributed by atoms with E-state index in [9.17, 15) is 0 Å². The van der Waals surface area contributed by atoms with Gasteiger partial charge in [-0.1, -0.05) is 6.92 Å². The molecule has 0 unspecified atom stereocenters. The van der Waals surface area contributed by atoms with Crippen molar-refractivity contribution in [3.05, 3.63) is 36.4 Å². The van der Waals surface area contributed by atoms with Gasteiger partial charge in [-0.3, -0.25) is 0 Å². The first kappa shape index (κ1) is 26.4. The summed E-state index contributed by atoms with van der Waals surface area (Å²) in [6.45, 7) is 11.3. The maximum Gasteiger partial charge on any atom is 0.196 e. The van der Waals surface area contributed by atoms with Crippen molar-refractivity contribution in [1.82, 2.24) is 25.0 Å². The minimum Gasteiger partial charge on any atom is -0.491 e. The molecule has 3 rings (SSSR count). The Hall–Kier alpha value is -1.88. The highest BCUT2D eigenvalue weighted by Crippen LogP contribution is 2.17. The Morgan fingerprint density at radius 1 is 1.22 bits per heavy atom. The summed E-state index contributed by atoms with van der Waals surface area (Å²) in [6.07, 6.45) is 5.57. The molecule has 0 aliphatic carbocycles. The van der Waals surface area contributed by atoms with Crippen molar-refractivity contribution >= 4 is 35.6 Å². The number of aryl methyl sites for hydroxylation is 1. The van der Waals surface area contributed by atoms with Crippen molar-refractivity contribution in [2.45, 2.75) is 52.7 Å². The Bertz CT molecular complexity index is 814. The minimum atomic E-state index is 0. The molecule has 1 saturated heterocycles. The quantitative estimate of drug-likeness (QED) is 0.212. The standard InChI is InChI=1S/C23H37N7O.HI/c1-18(2)31-21-8-6-20(7-9-21)27-23(25-16-22-28-26-17-29(22)4)24-12-5-13-30-14-10-19(3)11-15-30;/h6-9,17-19H,5,10-16H2,1-4H3,(H2,24,25,27);1H. The molecule has 2 aromatic rings. The topological polar surface area (TPSA) is 79.6 Å². The number of benzene rings is 1. The number of hydrogen-bond donors (Lipinski definition) is 2.